The van der Waals surface area contributed by atoms with Crippen LogP contribution in [-0.4, -0.2) is 89.0 Å². The Labute approximate surface area is 199 Å². The van der Waals surface area contributed by atoms with Crippen LogP contribution in [0.1, 0.15) is 31.6 Å². The predicted molar refractivity (Wildman–Crippen MR) is 124 cm³/mol. The van der Waals surface area contributed by atoms with E-state index < -0.39 is 0 Å². The molecule has 0 spiro atoms. The molecule has 0 radical (unpaired) electrons. The van der Waals surface area contributed by atoms with Gasteiger partial charge in [-0.2, -0.15) is 4.98 Å². The molecule has 1 saturated carbocycles. The number of aryl methyl sites for hydroxylation is 1. The smallest absolute Gasteiger partial charge is 0.290 e. The summed E-state index contributed by atoms with van der Waals surface area (Å²) in [5.41, 5.74) is 0.836. The topological polar surface area (TPSA) is 129 Å². The van der Waals surface area contributed by atoms with Gasteiger partial charge in [0, 0.05) is 37.5 Å². The zero-order valence-corrected chi connectivity index (χ0v) is 20.0. The quantitative estimate of drug-likeness (QED) is 0.578. The lowest BCUT2D eigenvalue weighted by Gasteiger charge is -2.38. The molecule has 186 valence electrons. The fourth-order valence-electron chi connectivity index (χ4n) is 4.95. The zero-order chi connectivity index (χ0) is 24.7. The molecule has 0 bridgehead atoms. The molecule has 1 aromatic heterocycles. The van der Waals surface area contributed by atoms with Crippen molar-refractivity contribution < 1.29 is 29.1 Å². The summed E-state index contributed by atoms with van der Waals surface area (Å²) in [6.07, 6.45) is 3.15. The molecule has 34 heavy (non-hydrogen) atoms. The van der Waals surface area contributed by atoms with Gasteiger partial charge in [0.1, 0.15) is 5.75 Å². The number of likely N-dealkylation sites (N-methyl/N-ethyl adjacent to an activating group) is 1. The van der Waals surface area contributed by atoms with Gasteiger partial charge < -0.3 is 29.3 Å². The van der Waals surface area contributed by atoms with Crippen molar-refractivity contribution in [2.45, 2.75) is 44.2 Å². The molecule has 2 aromatic rings. The lowest BCUT2D eigenvalue weighted by Crippen LogP contribution is -2.46. The Kier molecular flexibility index (Phi) is 9.00. The summed E-state index contributed by atoms with van der Waals surface area (Å²) in [6.45, 7) is 1.32. The number of likely N-dealkylation sites (tertiary alicyclic amines) is 1. The first-order chi connectivity index (χ1) is 16.4. The third-order valence-corrected chi connectivity index (χ3v) is 6.70. The highest BCUT2D eigenvalue weighted by Gasteiger charge is 2.43. The van der Waals surface area contributed by atoms with E-state index in [1.165, 1.54) is 0 Å². The number of aromatic nitrogens is 2. The van der Waals surface area contributed by atoms with Gasteiger partial charge in [-0.1, -0.05) is 17.3 Å². The van der Waals surface area contributed by atoms with Gasteiger partial charge in [-0.25, -0.2) is 0 Å². The maximum atomic E-state index is 12.7. The van der Waals surface area contributed by atoms with Crippen LogP contribution in [0.3, 0.4) is 0 Å². The molecule has 2 fully saturated rings. The Bertz CT molecular complexity index is 949. The van der Waals surface area contributed by atoms with Crippen molar-refractivity contribution in [1.29, 1.82) is 0 Å². The van der Waals surface area contributed by atoms with Crippen molar-refractivity contribution in [2.75, 3.05) is 34.3 Å². The first kappa shape index (κ1) is 25.6. The summed E-state index contributed by atoms with van der Waals surface area (Å²) in [5, 5.41) is 21.4. The van der Waals surface area contributed by atoms with E-state index in [-0.39, 0.29) is 24.5 Å². The molecule has 1 aromatic carbocycles. The van der Waals surface area contributed by atoms with Crippen molar-refractivity contribution in [2.24, 2.45) is 11.8 Å². The van der Waals surface area contributed by atoms with Gasteiger partial charge in [0.25, 0.3) is 6.47 Å². The number of nitrogens with zero attached hydrogens (tertiary/aromatic N) is 4. The molecule has 0 unspecified atom stereocenters. The average molecular weight is 475 g/mol. The van der Waals surface area contributed by atoms with Gasteiger partial charge >= 0.3 is 0 Å². The molecule has 4 atom stereocenters. The summed E-state index contributed by atoms with van der Waals surface area (Å²) in [4.78, 5) is 29.6. The SMILES string of the molecule is COc1cccc(-c2noc(CCCC(=O)N3C[C@H]4C[C@@H](N(C)C)[C@H](O)C[C@H]4C3)n2)c1.O=CO. The van der Waals surface area contributed by atoms with E-state index in [1.807, 2.05) is 43.3 Å². The second-order valence-corrected chi connectivity index (χ2v) is 9.09. The highest BCUT2D eigenvalue weighted by Crippen LogP contribution is 2.38. The van der Waals surface area contributed by atoms with Crippen molar-refractivity contribution in [3.63, 3.8) is 0 Å². The lowest BCUT2D eigenvalue weighted by atomic mass is 9.77. The number of amides is 1. The predicted octanol–water partition coefficient (Wildman–Crippen LogP) is 1.93. The summed E-state index contributed by atoms with van der Waals surface area (Å²) in [6, 6.07) is 7.71. The van der Waals surface area contributed by atoms with Crippen molar-refractivity contribution in [3.05, 3.63) is 30.2 Å². The van der Waals surface area contributed by atoms with E-state index in [4.69, 9.17) is 19.2 Å². The van der Waals surface area contributed by atoms with Gasteiger partial charge in [0.15, 0.2) is 0 Å². The number of carbonyl (C=O) groups excluding carboxylic acids is 1. The van der Waals surface area contributed by atoms with Crippen molar-refractivity contribution in [1.82, 2.24) is 19.9 Å². The Hall–Kier alpha value is -2.98. The van der Waals surface area contributed by atoms with Gasteiger partial charge in [0.2, 0.25) is 17.6 Å². The van der Waals surface area contributed by atoms with Crippen LogP contribution >= 0.6 is 0 Å². The minimum atomic E-state index is -0.303. The third kappa shape index (κ3) is 6.32. The average Bonchev–Trinajstić information content (AvgIpc) is 3.46. The van der Waals surface area contributed by atoms with Crippen LogP contribution in [-0.2, 0) is 16.0 Å². The molecule has 1 saturated heterocycles. The minimum Gasteiger partial charge on any atom is -0.497 e. The van der Waals surface area contributed by atoms with Crippen LogP contribution < -0.4 is 4.74 Å². The number of fused-ring (bicyclic) bond motifs is 1. The van der Waals surface area contributed by atoms with Crippen LogP contribution in [0.25, 0.3) is 11.4 Å². The van der Waals surface area contributed by atoms with E-state index in [0.29, 0.717) is 42.8 Å². The molecule has 1 amide bonds. The number of methoxy groups -OCH3 is 1. The Morgan fingerprint density at radius 3 is 2.68 bits per heavy atom. The summed E-state index contributed by atoms with van der Waals surface area (Å²) < 4.78 is 10.6. The number of rotatable bonds is 7. The monoisotopic (exact) mass is 474 g/mol. The van der Waals surface area contributed by atoms with E-state index >= 15 is 0 Å². The van der Waals surface area contributed by atoms with Crippen LogP contribution in [0.15, 0.2) is 28.8 Å². The van der Waals surface area contributed by atoms with Gasteiger partial charge in [-0.15, -0.1) is 0 Å². The van der Waals surface area contributed by atoms with Gasteiger partial charge in [-0.3, -0.25) is 9.59 Å². The van der Waals surface area contributed by atoms with Crippen LogP contribution in [0.5, 0.6) is 5.75 Å². The Morgan fingerprint density at radius 1 is 1.29 bits per heavy atom. The summed E-state index contributed by atoms with van der Waals surface area (Å²) in [5.74, 6) is 2.89. The highest BCUT2D eigenvalue weighted by atomic mass is 16.5. The number of aliphatic hydroxyl groups excluding tert-OH is 1. The molecular formula is C24H34N4O6. The van der Waals surface area contributed by atoms with E-state index in [9.17, 15) is 9.90 Å². The maximum absolute atomic E-state index is 12.7. The summed E-state index contributed by atoms with van der Waals surface area (Å²) >= 11 is 0. The van der Waals surface area contributed by atoms with E-state index in [0.717, 1.165) is 37.2 Å². The lowest BCUT2D eigenvalue weighted by molar-refractivity contribution is -0.130. The van der Waals surface area contributed by atoms with E-state index in [1.54, 1.807) is 7.11 Å². The fraction of sp³-hybridized carbons (Fsp3) is 0.583. The third-order valence-electron chi connectivity index (χ3n) is 6.70. The number of ether oxygens (including phenoxy) is 1. The number of aliphatic hydroxyl groups is 1. The van der Waals surface area contributed by atoms with E-state index in [2.05, 4.69) is 15.0 Å². The molecule has 1 aliphatic heterocycles. The molecule has 2 aliphatic rings. The number of benzene rings is 1. The fourth-order valence-corrected chi connectivity index (χ4v) is 4.95. The second kappa shape index (κ2) is 11.9. The van der Waals surface area contributed by atoms with Crippen molar-refractivity contribution >= 4 is 12.4 Å². The van der Waals surface area contributed by atoms with Crippen LogP contribution in [0.4, 0.5) is 0 Å². The highest BCUT2D eigenvalue weighted by molar-refractivity contribution is 5.76. The Balaban J connectivity index is 0.00000103. The van der Waals surface area contributed by atoms with Crippen molar-refractivity contribution in [3.8, 4) is 17.1 Å². The molecule has 2 heterocycles. The molecule has 2 N–H and O–H groups in total. The second-order valence-electron chi connectivity index (χ2n) is 9.09. The number of hydrogen-bond acceptors (Lipinski definition) is 8. The van der Waals surface area contributed by atoms with Crippen LogP contribution in [0.2, 0.25) is 0 Å². The zero-order valence-electron chi connectivity index (χ0n) is 20.0. The Morgan fingerprint density at radius 2 is 2.00 bits per heavy atom. The standard InChI is InChI=1S/C23H32N4O4.CH2O2/c1-26(2)19-11-16-13-27(14-17(16)12-20(19)28)22(29)9-5-8-21-24-23(25-31-21)15-6-4-7-18(10-15)30-3;2-1-3/h4,6-7,10,16-17,19-20,28H,5,8-9,11-14H2,1-3H3;1H,(H,2,3)/t16-,17+,19-,20-;/m1./s1. The first-order valence-electron chi connectivity index (χ1n) is 11.5. The van der Waals surface area contributed by atoms with Gasteiger partial charge in [-0.05, 0) is 57.3 Å². The summed E-state index contributed by atoms with van der Waals surface area (Å²) in [7, 11) is 5.66. The number of carbonyl (C=O) groups is 2. The first-order valence-corrected chi connectivity index (χ1v) is 11.5. The molecule has 4 rings (SSSR count). The van der Waals surface area contributed by atoms with Crippen LogP contribution in [0, 0.1) is 11.8 Å². The minimum absolute atomic E-state index is 0.179. The number of hydrogen-bond donors (Lipinski definition) is 2. The maximum Gasteiger partial charge on any atom is 0.290 e. The molecular weight excluding hydrogens is 440 g/mol. The largest absolute Gasteiger partial charge is 0.497 e. The van der Waals surface area contributed by atoms with Gasteiger partial charge in [0.05, 0.1) is 13.2 Å². The number of carboxylic acid groups (broad SMARTS) is 1. The normalized spacial score (nSPS) is 23.7. The molecule has 10 heteroatoms. The molecule has 10 nitrogen and oxygen atoms in total. The molecule has 1 aliphatic carbocycles.